The van der Waals surface area contributed by atoms with Crippen molar-refractivity contribution in [1.82, 2.24) is 3.11 Å². The van der Waals surface area contributed by atoms with Crippen LogP contribution >= 0.6 is 20.4 Å². The van der Waals surface area contributed by atoms with Crippen molar-refractivity contribution in [2.24, 2.45) is 3.33 Å². The molecule has 1 amide bonds. The van der Waals surface area contributed by atoms with Gasteiger partial charge in [-0.25, -0.2) is 0 Å². The molecule has 6 heteroatoms. The van der Waals surface area contributed by atoms with Gasteiger partial charge in [0.1, 0.15) is 0 Å². The Labute approximate surface area is 88.4 Å². The molecule has 0 N–H and O–H groups in total. The van der Waals surface area contributed by atoms with Crippen molar-refractivity contribution in [2.75, 3.05) is 7.05 Å². The van der Waals surface area contributed by atoms with Crippen LogP contribution in [-0.4, -0.2) is 16.1 Å². The van der Waals surface area contributed by atoms with Crippen molar-refractivity contribution in [1.29, 1.82) is 0 Å². The summed E-state index contributed by atoms with van der Waals surface area (Å²) in [5, 5.41) is 0. The second-order valence-electron chi connectivity index (χ2n) is 2.67. The summed E-state index contributed by atoms with van der Waals surface area (Å²) in [6, 6.07) is 7.33. The molecule has 1 aliphatic rings. The number of hydrogen-bond donors (Lipinski definition) is 0. The second kappa shape index (κ2) is 3.47. The quantitative estimate of drug-likeness (QED) is 0.258. The van der Waals surface area contributed by atoms with E-state index in [1.165, 1.54) is 0 Å². The van der Waals surface area contributed by atoms with Crippen LogP contribution in [0.5, 0.6) is 0 Å². The Hall–Kier alpha value is -1.27. The number of halogens is 1. The third-order valence-corrected chi connectivity index (χ3v) is 6.30. The van der Waals surface area contributed by atoms with E-state index in [1.807, 2.05) is 18.2 Å². The van der Waals surface area contributed by atoms with Gasteiger partial charge in [0.25, 0.3) is 0 Å². The van der Waals surface area contributed by atoms with Gasteiger partial charge in [-0.15, -0.1) is 0 Å². The van der Waals surface area contributed by atoms with E-state index in [0.29, 0.717) is 5.56 Å². The molecule has 0 spiro atoms. The number of rotatable bonds is 1. The monoisotopic (exact) mass is 302 g/mol. The number of fused-ring (bicyclic) bond motifs is 1. The van der Waals surface area contributed by atoms with E-state index < -0.39 is 20.4 Å². The molecular formula is C8H7IN4O. The molecule has 1 heterocycles. The fourth-order valence-corrected chi connectivity index (χ4v) is 4.90. The zero-order chi connectivity index (χ0) is 10.1. The number of benzene rings is 1. The molecule has 0 atom stereocenters. The van der Waals surface area contributed by atoms with Gasteiger partial charge in [-0.2, -0.15) is 0 Å². The predicted octanol–water partition coefficient (Wildman–Crippen LogP) is 2.59. The van der Waals surface area contributed by atoms with E-state index in [2.05, 4.69) is 8.24 Å². The normalized spacial score (nSPS) is 16.5. The molecule has 0 aromatic heterocycles. The third-order valence-electron chi connectivity index (χ3n) is 1.91. The molecule has 5 nitrogen and oxygen atoms in total. The van der Waals surface area contributed by atoms with E-state index in [0.717, 1.165) is 3.57 Å². The van der Waals surface area contributed by atoms with E-state index in [-0.39, 0.29) is 5.91 Å². The Kier molecular flexibility index (Phi) is 2.30. The van der Waals surface area contributed by atoms with Crippen molar-refractivity contribution in [3.05, 3.63) is 43.8 Å². The van der Waals surface area contributed by atoms with E-state index >= 15 is 0 Å². The number of azide groups is 1. The minimum atomic E-state index is -2.12. The molecule has 1 aromatic rings. The second-order valence-corrected chi connectivity index (χ2v) is 7.11. The number of nitrogens with zero attached hydrogens (tertiary/aromatic N) is 4. The molecule has 2 rings (SSSR count). The van der Waals surface area contributed by atoms with Crippen molar-refractivity contribution >= 4 is 26.3 Å². The molecule has 0 saturated carbocycles. The van der Waals surface area contributed by atoms with Gasteiger partial charge in [0.2, 0.25) is 0 Å². The predicted molar refractivity (Wildman–Crippen MR) is 60.4 cm³/mol. The summed E-state index contributed by atoms with van der Waals surface area (Å²) < 4.78 is 6.26. The van der Waals surface area contributed by atoms with Crippen LogP contribution in [0.1, 0.15) is 10.4 Å². The molecule has 0 saturated heterocycles. The summed E-state index contributed by atoms with van der Waals surface area (Å²) in [5.41, 5.74) is 9.10. The maximum absolute atomic E-state index is 11.7. The molecule has 0 bridgehead atoms. The van der Waals surface area contributed by atoms with Crippen LogP contribution in [0.4, 0.5) is 0 Å². The van der Waals surface area contributed by atoms with Crippen LogP contribution in [-0.2, 0) is 0 Å². The zero-order valence-corrected chi connectivity index (χ0v) is 9.54. The zero-order valence-electron chi connectivity index (χ0n) is 7.38. The van der Waals surface area contributed by atoms with Crippen LogP contribution in [0, 0.1) is 3.57 Å². The summed E-state index contributed by atoms with van der Waals surface area (Å²) in [7, 11) is 1.70. The number of carbonyl (C=O) groups is 1. The number of carbonyl (C=O) groups excluding carboxylic acids is 1. The first-order chi connectivity index (χ1) is 6.75. The van der Waals surface area contributed by atoms with Crippen molar-refractivity contribution < 1.29 is 4.79 Å². The fourth-order valence-electron chi connectivity index (χ4n) is 1.28. The van der Waals surface area contributed by atoms with Crippen LogP contribution in [0.3, 0.4) is 0 Å². The molecule has 0 unspecified atom stereocenters. The number of hydrogen-bond acceptors (Lipinski definition) is 2. The van der Waals surface area contributed by atoms with Gasteiger partial charge in [-0.05, 0) is 0 Å². The first-order valence-electron chi connectivity index (χ1n) is 3.88. The molecule has 0 fully saturated rings. The Bertz CT molecular complexity index is 441. The van der Waals surface area contributed by atoms with Gasteiger partial charge in [-0.1, -0.05) is 0 Å². The Morgan fingerprint density at radius 3 is 2.93 bits per heavy atom. The van der Waals surface area contributed by atoms with Crippen LogP contribution in [0.15, 0.2) is 27.6 Å². The molecular weight excluding hydrogens is 295 g/mol. The van der Waals surface area contributed by atoms with E-state index in [1.54, 1.807) is 16.2 Å². The summed E-state index contributed by atoms with van der Waals surface area (Å²) in [4.78, 5) is 14.5. The van der Waals surface area contributed by atoms with E-state index in [9.17, 15) is 4.79 Å². The topological polar surface area (TPSA) is 69.1 Å². The molecule has 1 aliphatic heterocycles. The van der Waals surface area contributed by atoms with Crippen molar-refractivity contribution in [2.45, 2.75) is 0 Å². The van der Waals surface area contributed by atoms with Gasteiger partial charge < -0.3 is 0 Å². The van der Waals surface area contributed by atoms with Gasteiger partial charge in [0, 0.05) is 0 Å². The Balaban J connectivity index is 2.58. The Morgan fingerprint density at radius 2 is 2.21 bits per heavy atom. The molecule has 1 aromatic carbocycles. The van der Waals surface area contributed by atoms with Crippen molar-refractivity contribution in [3.8, 4) is 0 Å². The first kappa shape index (κ1) is 9.29. The molecule has 72 valence electrons. The summed E-state index contributed by atoms with van der Waals surface area (Å²) in [5.74, 6) is -0.0294. The standard InChI is InChI=1S/C8H7IN4O/c1-13-8(14)6-4-2-3-5-7(6)9(13)11-12-10/h2-5H,1H3. The minimum absolute atomic E-state index is 0.0294. The molecule has 0 aliphatic carbocycles. The van der Waals surface area contributed by atoms with Crippen LogP contribution < -0.4 is 0 Å². The van der Waals surface area contributed by atoms with Gasteiger partial charge in [-0.3, -0.25) is 0 Å². The summed E-state index contributed by atoms with van der Waals surface area (Å²) in [6.07, 6.45) is 0. The number of amides is 1. The van der Waals surface area contributed by atoms with E-state index in [4.69, 9.17) is 5.53 Å². The van der Waals surface area contributed by atoms with Gasteiger partial charge in [0.05, 0.1) is 0 Å². The summed E-state index contributed by atoms with van der Waals surface area (Å²) in [6.45, 7) is 0. The first-order valence-corrected chi connectivity index (χ1v) is 6.89. The molecule has 0 radical (unpaired) electrons. The SMILES string of the molecule is CN1C(=O)c2ccccc2I1N=[N+]=[N-]. The summed E-state index contributed by atoms with van der Waals surface area (Å²) >= 11 is -2.12. The molecule has 14 heavy (non-hydrogen) atoms. The third kappa shape index (κ3) is 1.23. The van der Waals surface area contributed by atoms with Crippen LogP contribution in [0.25, 0.3) is 10.4 Å². The average molecular weight is 302 g/mol. The van der Waals surface area contributed by atoms with Gasteiger partial charge >= 0.3 is 88.4 Å². The van der Waals surface area contributed by atoms with Crippen LogP contribution in [0.2, 0.25) is 0 Å². The Morgan fingerprint density at radius 1 is 1.50 bits per heavy atom. The maximum atomic E-state index is 11.7. The van der Waals surface area contributed by atoms with Gasteiger partial charge in [0.15, 0.2) is 0 Å². The van der Waals surface area contributed by atoms with Crippen molar-refractivity contribution in [3.63, 3.8) is 0 Å². The fraction of sp³-hybridized carbons (Fsp3) is 0.125. The average Bonchev–Trinajstić information content (AvgIpc) is 2.45.